The van der Waals surface area contributed by atoms with Gasteiger partial charge in [-0.25, -0.2) is 8.42 Å². The summed E-state index contributed by atoms with van der Waals surface area (Å²) in [5, 5.41) is 0. The minimum atomic E-state index is -3.12. The average Bonchev–Trinajstić information content (AvgIpc) is 2.14. The molecule has 82 valence electrons. The monoisotopic (exact) mass is 217 g/mol. The highest BCUT2D eigenvalue weighted by atomic mass is 32.2. The summed E-state index contributed by atoms with van der Waals surface area (Å²) in [6, 6.07) is 0. The van der Waals surface area contributed by atoms with Crippen molar-refractivity contribution in [3.8, 4) is 0 Å². The standard InChI is InChI=1S/C10H19NO2S/c1-4-7-10-14(12,13)11(8-5-2)9-6-3/h5-6H,2-4,7-10H2,1H3. The fourth-order valence-corrected chi connectivity index (χ4v) is 2.62. The Bertz CT molecular complexity index is 260. The second-order valence-electron chi connectivity index (χ2n) is 3.06. The summed E-state index contributed by atoms with van der Waals surface area (Å²) < 4.78 is 24.8. The molecule has 0 radical (unpaired) electrons. The Morgan fingerprint density at radius 1 is 1.21 bits per heavy atom. The molecule has 0 unspecified atom stereocenters. The minimum Gasteiger partial charge on any atom is -0.212 e. The fraction of sp³-hybridized carbons (Fsp3) is 0.600. The molecular formula is C10H19NO2S. The Kier molecular flexibility index (Phi) is 6.49. The summed E-state index contributed by atoms with van der Waals surface area (Å²) in [4.78, 5) is 0. The van der Waals surface area contributed by atoms with Crippen LogP contribution >= 0.6 is 0 Å². The lowest BCUT2D eigenvalue weighted by Crippen LogP contribution is -2.33. The van der Waals surface area contributed by atoms with E-state index in [0.29, 0.717) is 19.5 Å². The highest BCUT2D eigenvalue weighted by Gasteiger charge is 2.18. The van der Waals surface area contributed by atoms with E-state index in [-0.39, 0.29) is 5.75 Å². The third-order valence-electron chi connectivity index (χ3n) is 1.81. The second-order valence-corrected chi connectivity index (χ2v) is 5.15. The molecule has 14 heavy (non-hydrogen) atoms. The minimum absolute atomic E-state index is 0.213. The number of rotatable bonds is 8. The number of hydrogen-bond acceptors (Lipinski definition) is 2. The molecule has 0 amide bonds. The van der Waals surface area contributed by atoms with Gasteiger partial charge in [0.2, 0.25) is 10.0 Å². The van der Waals surface area contributed by atoms with E-state index in [0.717, 1.165) is 6.42 Å². The predicted octanol–water partition coefficient (Wildman–Crippen LogP) is 1.79. The van der Waals surface area contributed by atoms with Crippen molar-refractivity contribution in [1.29, 1.82) is 0 Å². The van der Waals surface area contributed by atoms with E-state index >= 15 is 0 Å². The first-order valence-electron chi connectivity index (χ1n) is 4.78. The van der Waals surface area contributed by atoms with E-state index in [4.69, 9.17) is 0 Å². The van der Waals surface area contributed by atoms with Crippen LogP contribution in [0.5, 0.6) is 0 Å². The molecule has 0 saturated heterocycles. The number of nitrogens with zero attached hydrogens (tertiary/aromatic N) is 1. The van der Waals surface area contributed by atoms with Crippen molar-refractivity contribution in [2.45, 2.75) is 19.8 Å². The van der Waals surface area contributed by atoms with Crippen LogP contribution in [0.25, 0.3) is 0 Å². The molecule has 0 atom stereocenters. The van der Waals surface area contributed by atoms with Gasteiger partial charge in [-0.05, 0) is 6.42 Å². The highest BCUT2D eigenvalue weighted by Crippen LogP contribution is 2.04. The Balaban J connectivity index is 4.44. The van der Waals surface area contributed by atoms with Gasteiger partial charge in [0.05, 0.1) is 5.75 Å². The van der Waals surface area contributed by atoms with E-state index in [1.807, 2.05) is 6.92 Å². The largest absolute Gasteiger partial charge is 0.214 e. The average molecular weight is 217 g/mol. The van der Waals surface area contributed by atoms with Crippen molar-refractivity contribution in [1.82, 2.24) is 4.31 Å². The van der Waals surface area contributed by atoms with Crippen LogP contribution in [-0.4, -0.2) is 31.6 Å². The van der Waals surface area contributed by atoms with Crippen molar-refractivity contribution < 1.29 is 8.42 Å². The molecule has 0 spiro atoms. The van der Waals surface area contributed by atoms with Crippen molar-refractivity contribution >= 4 is 10.0 Å². The lowest BCUT2D eigenvalue weighted by atomic mass is 10.4. The maximum absolute atomic E-state index is 11.7. The molecule has 0 aliphatic heterocycles. The quantitative estimate of drug-likeness (QED) is 0.581. The zero-order valence-electron chi connectivity index (χ0n) is 8.78. The number of unbranched alkanes of at least 4 members (excludes halogenated alkanes) is 1. The molecule has 4 heteroatoms. The highest BCUT2D eigenvalue weighted by molar-refractivity contribution is 7.89. The van der Waals surface area contributed by atoms with Crippen LogP contribution in [0, 0.1) is 0 Å². The van der Waals surface area contributed by atoms with Crippen LogP contribution in [0.1, 0.15) is 19.8 Å². The maximum Gasteiger partial charge on any atom is 0.214 e. The topological polar surface area (TPSA) is 37.4 Å². The molecule has 0 N–H and O–H groups in total. The van der Waals surface area contributed by atoms with E-state index < -0.39 is 10.0 Å². The first-order valence-corrected chi connectivity index (χ1v) is 6.39. The summed E-state index contributed by atoms with van der Waals surface area (Å²) >= 11 is 0. The SMILES string of the molecule is C=CCN(CC=C)S(=O)(=O)CCCC. The van der Waals surface area contributed by atoms with Gasteiger partial charge >= 0.3 is 0 Å². The van der Waals surface area contributed by atoms with Crippen molar-refractivity contribution in [2.75, 3.05) is 18.8 Å². The summed E-state index contributed by atoms with van der Waals surface area (Å²) in [6.07, 6.45) is 4.77. The van der Waals surface area contributed by atoms with Crippen molar-refractivity contribution in [3.63, 3.8) is 0 Å². The van der Waals surface area contributed by atoms with E-state index in [1.54, 1.807) is 12.2 Å². The molecule has 0 rings (SSSR count). The number of sulfonamides is 1. The smallest absolute Gasteiger partial charge is 0.212 e. The molecular weight excluding hydrogens is 198 g/mol. The normalized spacial score (nSPS) is 11.6. The van der Waals surface area contributed by atoms with Gasteiger partial charge in [0.1, 0.15) is 0 Å². The Morgan fingerprint density at radius 3 is 2.07 bits per heavy atom. The van der Waals surface area contributed by atoms with Gasteiger partial charge in [-0.2, -0.15) is 4.31 Å². The van der Waals surface area contributed by atoms with Gasteiger partial charge in [0, 0.05) is 13.1 Å². The molecule has 3 nitrogen and oxygen atoms in total. The molecule has 0 aromatic carbocycles. The van der Waals surface area contributed by atoms with Crippen LogP contribution in [0.15, 0.2) is 25.3 Å². The molecule has 0 aliphatic carbocycles. The molecule has 0 aromatic rings. The van der Waals surface area contributed by atoms with Crippen molar-refractivity contribution in [2.24, 2.45) is 0 Å². The van der Waals surface area contributed by atoms with Gasteiger partial charge in [-0.3, -0.25) is 0 Å². The summed E-state index contributed by atoms with van der Waals surface area (Å²) in [6.45, 7) is 9.76. The Hall–Kier alpha value is -0.610. The van der Waals surface area contributed by atoms with E-state index in [9.17, 15) is 8.42 Å². The van der Waals surface area contributed by atoms with Crippen LogP contribution < -0.4 is 0 Å². The molecule has 0 fully saturated rings. The van der Waals surface area contributed by atoms with Gasteiger partial charge in [-0.15, -0.1) is 13.2 Å². The molecule has 0 heterocycles. The first kappa shape index (κ1) is 13.4. The van der Waals surface area contributed by atoms with Gasteiger partial charge in [0.15, 0.2) is 0 Å². The van der Waals surface area contributed by atoms with Crippen LogP contribution in [0.3, 0.4) is 0 Å². The van der Waals surface area contributed by atoms with Gasteiger partial charge in [-0.1, -0.05) is 25.5 Å². The Morgan fingerprint density at radius 2 is 1.71 bits per heavy atom. The predicted molar refractivity (Wildman–Crippen MR) is 60.7 cm³/mol. The molecule has 0 saturated carbocycles. The summed E-state index contributed by atoms with van der Waals surface area (Å²) in [5.41, 5.74) is 0. The number of hydrogen-bond donors (Lipinski definition) is 0. The molecule has 0 aliphatic rings. The summed E-state index contributed by atoms with van der Waals surface area (Å²) in [5.74, 6) is 0.213. The lowest BCUT2D eigenvalue weighted by molar-refractivity contribution is 0.472. The van der Waals surface area contributed by atoms with Gasteiger partial charge < -0.3 is 0 Å². The lowest BCUT2D eigenvalue weighted by Gasteiger charge is -2.18. The molecule has 0 bridgehead atoms. The fourth-order valence-electron chi connectivity index (χ4n) is 1.05. The van der Waals surface area contributed by atoms with Crippen molar-refractivity contribution in [3.05, 3.63) is 25.3 Å². The third kappa shape index (κ3) is 4.58. The van der Waals surface area contributed by atoms with Gasteiger partial charge in [0.25, 0.3) is 0 Å². The van der Waals surface area contributed by atoms with Crippen LogP contribution in [0.4, 0.5) is 0 Å². The summed E-state index contributed by atoms with van der Waals surface area (Å²) in [7, 11) is -3.12. The zero-order valence-corrected chi connectivity index (χ0v) is 9.59. The first-order chi connectivity index (χ1) is 6.58. The van der Waals surface area contributed by atoms with Crippen LogP contribution in [0.2, 0.25) is 0 Å². The second kappa shape index (κ2) is 6.79. The zero-order chi connectivity index (χ0) is 11.0. The van der Waals surface area contributed by atoms with E-state index in [2.05, 4.69) is 13.2 Å². The van der Waals surface area contributed by atoms with Crippen LogP contribution in [-0.2, 0) is 10.0 Å². The third-order valence-corrected chi connectivity index (χ3v) is 3.70. The van der Waals surface area contributed by atoms with E-state index in [1.165, 1.54) is 4.31 Å². The molecule has 0 aromatic heterocycles. The Labute approximate surface area is 87.2 Å². The maximum atomic E-state index is 11.7.